The molecule has 0 bridgehead atoms. The Hall–Kier alpha value is -1.75. The van der Waals surface area contributed by atoms with Crippen LogP contribution in [0.2, 0.25) is 5.02 Å². The number of hydrogen-bond acceptors (Lipinski definition) is 3. The van der Waals surface area contributed by atoms with Crippen LogP contribution >= 0.6 is 11.6 Å². The number of halogens is 1. The van der Waals surface area contributed by atoms with E-state index in [0.29, 0.717) is 23.4 Å². The second-order valence-corrected chi connectivity index (χ2v) is 5.88. The van der Waals surface area contributed by atoms with Gasteiger partial charge in [-0.05, 0) is 37.1 Å². The molecule has 0 atom stereocenters. The fourth-order valence-corrected chi connectivity index (χ4v) is 2.89. The molecule has 0 saturated heterocycles. The second-order valence-electron chi connectivity index (χ2n) is 5.44. The normalized spacial score (nSPS) is 18.8. The van der Waals surface area contributed by atoms with E-state index >= 15 is 0 Å². The van der Waals surface area contributed by atoms with Gasteiger partial charge in [-0.15, -0.1) is 0 Å². The summed E-state index contributed by atoms with van der Waals surface area (Å²) in [6.45, 7) is 0. The molecule has 0 unspecified atom stereocenters. The van der Waals surface area contributed by atoms with Gasteiger partial charge in [0.15, 0.2) is 5.84 Å². The van der Waals surface area contributed by atoms with Crippen molar-refractivity contribution in [2.45, 2.75) is 44.1 Å². The predicted octanol–water partition coefficient (Wildman–Crippen LogP) is 2.91. The Morgan fingerprint density at radius 3 is 2.29 bits per heavy atom. The monoisotopic (exact) mass is 309 g/mol. The number of carbonyl (C=O) groups is 1. The fraction of sp³-hybridized carbons (Fsp3) is 0.467. The maximum atomic E-state index is 12.4. The van der Waals surface area contributed by atoms with E-state index in [-0.39, 0.29) is 11.7 Å². The zero-order chi connectivity index (χ0) is 15.3. The maximum absolute atomic E-state index is 12.4. The average Bonchev–Trinajstić information content (AvgIpc) is 2.73. The summed E-state index contributed by atoms with van der Waals surface area (Å²) in [5, 5.41) is 15.7. The van der Waals surface area contributed by atoms with Crippen molar-refractivity contribution in [3.05, 3.63) is 34.9 Å². The van der Waals surface area contributed by atoms with E-state index in [1.165, 1.54) is 0 Å². The third-order valence-electron chi connectivity index (χ3n) is 4.01. The number of hydrogen-bond donors (Lipinski definition) is 3. The summed E-state index contributed by atoms with van der Waals surface area (Å²) in [7, 11) is 0. The van der Waals surface area contributed by atoms with Crippen LogP contribution < -0.4 is 11.1 Å². The molecule has 0 aromatic heterocycles. The molecular formula is C15H20ClN3O2. The highest BCUT2D eigenvalue weighted by atomic mass is 35.5. The van der Waals surface area contributed by atoms with Gasteiger partial charge in [0, 0.05) is 10.6 Å². The van der Waals surface area contributed by atoms with Crippen molar-refractivity contribution >= 4 is 23.3 Å². The molecule has 1 saturated carbocycles. The Morgan fingerprint density at radius 1 is 1.19 bits per heavy atom. The Kier molecular flexibility index (Phi) is 5.07. The minimum atomic E-state index is -0.762. The van der Waals surface area contributed by atoms with Gasteiger partial charge < -0.3 is 16.3 Å². The summed E-state index contributed by atoms with van der Waals surface area (Å²) >= 11 is 5.83. The molecule has 21 heavy (non-hydrogen) atoms. The van der Waals surface area contributed by atoms with Gasteiger partial charge in [-0.1, -0.05) is 42.4 Å². The van der Waals surface area contributed by atoms with Gasteiger partial charge in [0.05, 0.1) is 0 Å². The third kappa shape index (κ3) is 3.67. The summed E-state index contributed by atoms with van der Waals surface area (Å²) in [6.07, 6.45) is 5.44. The van der Waals surface area contributed by atoms with Gasteiger partial charge in [-0.3, -0.25) is 4.79 Å². The highest BCUT2D eigenvalue weighted by Crippen LogP contribution is 2.28. The number of oxime groups is 1. The van der Waals surface area contributed by atoms with Crippen LogP contribution in [0.15, 0.2) is 29.4 Å². The average molecular weight is 310 g/mol. The molecule has 0 aliphatic heterocycles. The number of nitrogens with one attached hydrogen (secondary N) is 1. The van der Waals surface area contributed by atoms with Crippen molar-refractivity contribution in [1.29, 1.82) is 0 Å². The smallest absolute Gasteiger partial charge is 0.252 e. The SMILES string of the molecule is N/C(=N/O)C1(NC(=O)c2ccc(Cl)cc2)CCCCCC1. The topological polar surface area (TPSA) is 87.7 Å². The highest BCUT2D eigenvalue weighted by molar-refractivity contribution is 6.30. The van der Waals surface area contributed by atoms with Crippen LogP contribution in [0, 0.1) is 0 Å². The summed E-state index contributed by atoms with van der Waals surface area (Å²) < 4.78 is 0. The van der Waals surface area contributed by atoms with Gasteiger partial charge in [0.25, 0.3) is 5.91 Å². The number of nitrogens with zero attached hydrogens (tertiary/aromatic N) is 1. The number of nitrogens with two attached hydrogens (primary N) is 1. The van der Waals surface area contributed by atoms with Gasteiger partial charge in [-0.2, -0.15) is 0 Å². The lowest BCUT2D eigenvalue weighted by Gasteiger charge is -2.32. The maximum Gasteiger partial charge on any atom is 0.252 e. The zero-order valence-electron chi connectivity index (χ0n) is 11.8. The lowest BCUT2D eigenvalue weighted by atomic mass is 9.88. The fourth-order valence-electron chi connectivity index (χ4n) is 2.76. The number of rotatable bonds is 3. The van der Waals surface area contributed by atoms with Crippen molar-refractivity contribution < 1.29 is 10.0 Å². The van der Waals surface area contributed by atoms with Crippen molar-refractivity contribution in [3.8, 4) is 0 Å². The van der Waals surface area contributed by atoms with E-state index in [2.05, 4.69) is 10.5 Å². The van der Waals surface area contributed by atoms with Crippen LogP contribution in [-0.4, -0.2) is 22.5 Å². The first-order valence-electron chi connectivity index (χ1n) is 7.13. The summed E-state index contributed by atoms with van der Waals surface area (Å²) in [4.78, 5) is 12.4. The first kappa shape index (κ1) is 15.6. The van der Waals surface area contributed by atoms with Gasteiger partial charge in [0.2, 0.25) is 0 Å². The van der Waals surface area contributed by atoms with Crippen LogP contribution in [0.3, 0.4) is 0 Å². The highest BCUT2D eigenvalue weighted by Gasteiger charge is 2.37. The van der Waals surface area contributed by atoms with E-state index in [4.69, 9.17) is 22.5 Å². The quantitative estimate of drug-likeness (QED) is 0.264. The molecule has 6 heteroatoms. The van der Waals surface area contributed by atoms with Gasteiger partial charge >= 0.3 is 0 Å². The van der Waals surface area contributed by atoms with Gasteiger partial charge in [0.1, 0.15) is 5.54 Å². The standard InChI is InChI=1S/C15H20ClN3O2/c16-12-7-5-11(6-8-12)13(20)18-15(14(17)19-21)9-3-1-2-4-10-15/h5-8,21H,1-4,9-10H2,(H2,17,19)(H,18,20). The summed E-state index contributed by atoms with van der Waals surface area (Å²) in [6, 6.07) is 6.65. The van der Waals surface area contributed by atoms with E-state index in [0.717, 1.165) is 25.7 Å². The molecule has 1 aromatic carbocycles. The van der Waals surface area contributed by atoms with Crippen LogP contribution in [0.25, 0.3) is 0 Å². The lowest BCUT2D eigenvalue weighted by molar-refractivity contribution is 0.0915. The molecule has 4 N–H and O–H groups in total. The largest absolute Gasteiger partial charge is 0.409 e. The molecule has 1 amide bonds. The Balaban J connectivity index is 2.22. The van der Waals surface area contributed by atoms with E-state index in [1.54, 1.807) is 24.3 Å². The van der Waals surface area contributed by atoms with Crippen LogP contribution in [0.1, 0.15) is 48.9 Å². The predicted molar refractivity (Wildman–Crippen MR) is 82.8 cm³/mol. The molecule has 0 spiro atoms. The molecule has 0 radical (unpaired) electrons. The Bertz CT molecular complexity index is 520. The minimum Gasteiger partial charge on any atom is -0.409 e. The van der Waals surface area contributed by atoms with Crippen molar-refractivity contribution in [1.82, 2.24) is 5.32 Å². The molecular weight excluding hydrogens is 290 g/mol. The molecule has 2 rings (SSSR count). The molecule has 1 aromatic rings. The minimum absolute atomic E-state index is 0.0757. The lowest BCUT2D eigenvalue weighted by Crippen LogP contribution is -2.57. The number of benzene rings is 1. The van der Waals surface area contributed by atoms with Crippen LogP contribution in [0.4, 0.5) is 0 Å². The number of amides is 1. The zero-order valence-corrected chi connectivity index (χ0v) is 12.6. The van der Waals surface area contributed by atoms with Gasteiger partial charge in [-0.25, -0.2) is 0 Å². The van der Waals surface area contributed by atoms with E-state index in [9.17, 15) is 4.79 Å². The molecule has 0 heterocycles. The summed E-state index contributed by atoms with van der Waals surface area (Å²) in [5.74, 6) is -0.160. The second kappa shape index (κ2) is 6.80. The number of amidine groups is 1. The summed E-state index contributed by atoms with van der Waals surface area (Å²) in [5.41, 5.74) is 5.61. The Labute approximate surface area is 129 Å². The van der Waals surface area contributed by atoms with Crippen molar-refractivity contribution in [3.63, 3.8) is 0 Å². The Morgan fingerprint density at radius 2 is 1.76 bits per heavy atom. The van der Waals surface area contributed by atoms with E-state index < -0.39 is 5.54 Å². The van der Waals surface area contributed by atoms with Crippen molar-refractivity contribution in [2.75, 3.05) is 0 Å². The first-order chi connectivity index (χ1) is 10.1. The van der Waals surface area contributed by atoms with Crippen LogP contribution in [0.5, 0.6) is 0 Å². The molecule has 5 nitrogen and oxygen atoms in total. The molecule has 1 aliphatic rings. The van der Waals surface area contributed by atoms with E-state index in [1.807, 2.05) is 0 Å². The third-order valence-corrected chi connectivity index (χ3v) is 4.27. The number of carbonyl (C=O) groups excluding carboxylic acids is 1. The molecule has 1 aliphatic carbocycles. The van der Waals surface area contributed by atoms with Crippen molar-refractivity contribution in [2.24, 2.45) is 10.9 Å². The van der Waals surface area contributed by atoms with Crippen LogP contribution in [-0.2, 0) is 0 Å². The molecule has 114 valence electrons. The molecule has 1 fully saturated rings. The first-order valence-corrected chi connectivity index (χ1v) is 7.51.